The van der Waals surface area contributed by atoms with Crippen molar-refractivity contribution in [2.24, 2.45) is 0 Å². The van der Waals surface area contributed by atoms with E-state index in [9.17, 15) is 0 Å². The summed E-state index contributed by atoms with van der Waals surface area (Å²) in [6.07, 6.45) is 1.90. The maximum atomic E-state index is 5.39. The summed E-state index contributed by atoms with van der Waals surface area (Å²) in [7, 11) is 1.71. The summed E-state index contributed by atoms with van der Waals surface area (Å²) in [4.78, 5) is 9.48. The van der Waals surface area contributed by atoms with Crippen molar-refractivity contribution in [3.05, 3.63) is 66.4 Å². The van der Waals surface area contributed by atoms with Crippen molar-refractivity contribution in [1.82, 2.24) is 9.88 Å². The van der Waals surface area contributed by atoms with Crippen LogP contribution in [-0.4, -0.2) is 43.2 Å². The van der Waals surface area contributed by atoms with Crippen LogP contribution in [0.25, 0.3) is 10.9 Å². The summed E-state index contributed by atoms with van der Waals surface area (Å²) < 4.78 is 5.39. The first-order valence-corrected chi connectivity index (χ1v) is 8.77. The Hall–Kier alpha value is -2.59. The Kier molecular flexibility index (Phi) is 4.53. The zero-order valence-corrected chi connectivity index (χ0v) is 14.6. The van der Waals surface area contributed by atoms with Crippen LogP contribution in [0.3, 0.4) is 0 Å². The molecule has 0 atom stereocenters. The van der Waals surface area contributed by atoms with Gasteiger partial charge in [0.25, 0.3) is 0 Å². The number of benzene rings is 2. The lowest BCUT2D eigenvalue weighted by Gasteiger charge is -2.36. The molecule has 25 heavy (non-hydrogen) atoms. The molecule has 0 spiro atoms. The van der Waals surface area contributed by atoms with Gasteiger partial charge in [-0.15, -0.1) is 0 Å². The van der Waals surface area contributed by atoms with Crippen LogP contribution in [-0.2, 0) is 6.54 Å². The predicted octanol–water partition coefficient (Wildman–Crippen LogP) is 3.57. The molecule has 1 saturated heterocycles. The molecular formula is C21H23N3O. The van der Waals surface area contributed by atoms with Gasteiger partial charge in [-0.2, -0.15) is 0 Å². The fourth-order valence-corrected chi connectivity index (χ4v) is 3.50. The first kappa shape index (κ1) is 15.9. The zero-order valence-electron chi connectivity index (χ0n) is 14.6. The highest BCUT2D eigenvalue weighted by molar-refractivity contribution is 5.92. The van der Waals surface area contributed by atoms with E-state index >= 15 is 0 Å². The molecule has 1 aliphatic rings. The number of hydrogen-bond donors (Lipinski definition) is 0. The van der Waals surface area contributed by atoms with Gasteiger partial charge in [-0.1, -0.05) is 30.3 Å². The summed E-state index contributed by atoms with van der Waals surface area (Å²) in [6.45, 7) is 5.23. The second-order valence-corrected chi connectivity index (χ2v) is 6.46. The van der Waals surface area contributed by atoms with Gasteiger partial charge in [0, 0.05) is 50.0 Å². The van der Waals surface area contributed by atoms with Crippen LogP contribution in [0.15, 0.2) is 60.8 Å². The minimum atomic E-state index is 0.879. The van der Waals surface area contributed by atoms with Gasteiger partial charge in [0.2, 0.25) is 0 Å². The molecule has 0 saturated carbocycles. The number of aromatic nitrogens is 1. The Balaban J connectivity index is 1.50. The third kappa shape index (κ3) is 3.44. The largest absolute Gasteiger partial charge is 0.497 e. The normalized spacial score (nSPS) is 15.5. The number of hydrogen-bond acceptors (Lipinski definition) is 4. The Morgan fingerprint density at radius 1 is 0.960 bits per heavy atom. The van der Waals surface area contributed by atoms with E-state index in [0.717, 1.165) is 44.0 Å². The summed E-state index contributed by atoms with van der Waals surface area (Å²) >= 11 is 0. The highest BCUT2D eigenvalue weighted by Crippen LogP contribution is 2.29. The fraction of sp³-hybridized carbons (Fsp3) is 0.286. The maximum Gasteiger partial charge on any atom is 0.119 e. The number of fused-ring (bicyclic) bond motifs is 1. The highest BCUT2D eigenvalue weighted by Gasteiger charge is 2.19. The Morgan fingerprint density at radius 2 is 1.76 bits per heavy atom. The number of rotatable bonds is 4. The van der Waals surface area contributed by atoms with Crippen molar-refractivity contribution < 1.29 is 4.74 Å². The van der Waals surface area contributed by atoms with Gasteiger partial charge in [0.1, 0.15) is 5.75 Å². The average Bonchev–Trinajstić information content (AvgIpc) is 2.68. The number of nitrogens with zero attached hydrogens (tertiary/aromatic N) is 3. The van der Waals surface area contributed by atoms with Crippen molar-refractivity contribution in [2.45, 2.75) is 6.54 Å². The molecule has 1 aliphatic heterocycles. The molecule has 4 rings (SSSR count). The summed E-state index contributed by atoms with van der Waals surface area (Å²) in [6, 6.07) is 18.9. The van der Waals surface area contributed by atoms with Gasteiger partial charge in [-0.05, 0) is 29.8 Å². The summed E-state index contributed by atoms with van der Waals surface area (Å²) in [5.74, 6) is 0.879. The SMILES string of the molecule is COc1ccc2nccc(N3CCN(Cc4ccccc4)CC3)c2c1. The molecule has 2 heterocycles. The van der Waals surface area contributed by atoms with Crippen molar-refractivity contribution in [3.8, 4) is 5.75 Å². The third-order valence-electron chi connectivity index (χ3n) is 4.89. The lowest BCUT2D eigenvalue weighted by Crippen LogP contribution is -2.46. The van der Waals surface area contributed by atoms with E-state index in [1.807, 2.05) is 18.3 Å². The quantitative estimate of drug-likeness (QED) is 0.730. The maximum absolute atomic E-state index is 5.39. The van der Waals surface area contributed by atoms with Gasteiger partial charge in [0.15, 0.2) is 0 Å². The van der Waals surface area contributed by atoms with Crippen LogP contribution < -0.4 is 9.64 Å². The van der Waals surface area contributed by atoms with E-state index in [2.05, 4.69) is 57.2 Å². The van der Waals surface area contributed by atoms with E-state index < -0.39 is 0 Å². The Labute approximate surface area is 148 Å². The molecule has 1 aromatic heterocycles. The number of anilines is 1. The second-order valence-electron chi connectivity index (χ2n) is 6.46. The number of methoxy groups -OCH3 is 1. The average molecular weight is 333 g/mol. The molecule has 0 N–H and O–H groups in total. The van der Waals surface area contributed by atoms with Crippen LogP contribution in [0.2, 0.25) is 0 Å². The topological polar surface area (TPSA) is 28.6 Å². The molecule has 0 bridgehead atoms. The van der Waals surface area contributed by atoms with Crippen LogP contribution in [0.4, 0.5) is 5.69 Å². The number of piperazine rings is 1. The van der Waals surface area contributed by atoms with Gasteiger partial charge in [0.05, 0.1) is 12.6 Å². The molecule has 0 radical (unpaired) electrons. The Bertz CT molecular complexity index is 842. The van der Waals surface area contributed by atoms with E-state index in [-0.39, 0.29) is 0 Å². The first-order valence-electron chi connectivity index (χ1n) is 8.77. The lowest BCUT2D eigenvalue weighted by molar-refractivity contribution is 0.250. The van der Waals surface area contributed by atoms with Gasteiger partial charge < -0.3 is 9.64 Å². The standard InChI is InChI=1S/C21H23N3O/c1-25-18-7-8-20-19(15-18)21(9-10-22-20)24-13-11-23(12-14-24)16-17-5-3-2-4-6-17/h2-10,15H,11-14,16H2,1H3. The highest BCUT2D eigenvalue weighted by atomic mass is 16.5. The van der Waals surface area contributed by atoms with Crippen LogP contribution in [0.1, 0.15) is 5.56 Å². The van der Waals surface area contributed by atoms with Crippen molar-refractivity contribution in [1.29, 1.82) is 0 Å². The summed E-state index contributed by atoms with van der Waals surface area (Å²) in [5, 5.41) is 1.17. The van der Waals surface area contributed by atoms with Crippen molar-refractivity contribution in [3.63, 3.8) is 0 Å². The smallest absolute Gasteiger partial charge is 0.119 e. The molecule has 0 unspecified atom stereocenters. The third-order valence-corrected chi connectivity index (χ3v) is 4.89. The predicted molar refractivity (Wildman–Crippen MR) is 102 cm³/mol. The number of ether oxygens (including phenoxy) is 1. The molecule has 128 valence electrons. The van der Waals surface area contributed by atoms with Crippen LogP contribution in [0.5, 0.6) is 5.75 Å². The van der Waals surface area contributed by atoms with Crippen molar-refractivity contribution in [2.75, 3.05) is 38.2 Å². The molecular weight excluding hydrogens is 310 g/mol. The fourth-order valence-electron chi connectivity index (χ4n) is 3.50. The van der Waals surface area contributed by atoms with Crippen LogP contribution >= 0.6 is 0 Å². The molecule has 4 nitrogen and oxygen atoms in total. The van der Waals surface area contributed by atoms with Gasteiger partial charge >= 0.3 is 0 Å². The molecule has 4 heteroatoms. The van der Waals surface area contributed by atoms with E-state index in [1.54, 1.807) is 7.11 Å². The zero-order chi connectivity index (χ0) is 17.1. The molecule has 3 aromatic rings. The summed E-state index contributed by atoms with van der Waals surface area (Å²) in [5.41, 5.74) is 3.66. The Morgan fingerprint density at radius 3 is 2.52 bits per heavy atom. The van der Waals surface area contributed by atoms with Gasteiger partial charge in [-0.25, -0.2) is 0 Å². The van der Waals surface area contributed by atoms with Crippen LogP contribution in [0, 0.1) is 0 Å². The van der Waals surface area contributed by atoms with E-state index in [0.29, 0.717) is 0 Å². The second kappa shape index (κ2) is 7.11. The molecule has 0 aliphatic carbocycles. The van der Waals surface area contributed by atoms with Gasteiger partial charge in [-0.3, -0.25) is 9.88 Å². The van der Waals surface area contributed by atoms with Crippen molar-refractivity contribution >= 4 is 16.6 Å². The monoisotopic (exact) mass is 333 g/mol. The van der Waals surface area contributed by atoms with E-state index in [4.69, 9.17) is 4.74 Å². The molecule has 2 aromatic carbocycles. The minimum absolute atomic E-state index is 0.879. The number of pyridine rings is 1. The first-order chi connectivity index (χ1) is 12.3. The van der Waals surface area contributed by atoms with E-state index in [1.165, 1.54) is 16.6 Å². The molecule has 1 fully saturated rings. The molecule has 0 amide bonds. The lowest BCUT2D eigenvalue weighted by atomic mass is 10.1. The minimum Gasteiger partial charge on any atom is -0.497 e.